The van der Waals surface area contributed by atoms with Crippen molar-refractivity contribution in [2.24, 2.45) is 5.41 Å². The Labute approximate surface area is 205 Å². The Balaban J connectivity index is 1.42. The minimum Gasteiger partial charge on any atom is -0.455 e. The van der Waals surface area contributed by atoms with Gasteiger partial charge in [-0.15, -0.1) is 0 Å². The maximum Gasteiger partial charge on any atom is 0.508 e. The smallest absolute Gasteiger partial charge is 0.455 e. The van der Waals surface area contributed by atoms with Crippen molar-refractivity contribution in [1.29, 1.82) is 5.26 Å². The molecule has 0 radical (unpaired) electrons. The van der Waals surface area contributed by atoms with E-state index >= 15 is 0 Å². The number of rotatable bonds is 5. The number of nitrogens with two attached hydrogens (primary N) is 1. The van der Waals surface area contributed by atoms with Crippen LogP contribution in [0, 0.1) is 16.7 Å². The molecule has 13 heteroatoms. The van der Waals surface area contributed by atoms with Gasteiger partial charge in [0.15, 0.2) is 18.0 Å². The molecular formula is C23H25N5O8. The van der Waals surface area contributed by atoms with Crippen LogP contribution in [-0.4, -0.2) is 64.2 Å². The van der Waals surface area contributed by atoms with Gasteiger partial charge in [0.1, 0.15) is 36.8 Å². The summed E-state index contributed by atoms with van der Waals surface area (Å²) in [5.41, 5.74) is 4.96. The van der Waals surface area contributed by atoms with E-state index in [2.05, 4.69) is 16.2 Å². The summed E-state index contributed by atoms with van der Waals surface area (Å²) in [6.07, 6.45) is -1.18. The van der Waals surface area contributed by atoms with Gasteiger partial charge in [0, 0.05) is 12.8 Å². The predicted molar refractivity (Wildman–Crippen MR) is 118 cm³/mol. The molecular weight excluding hydrogens is 474 g/mol. The van der Waals surface area contributed by atoms with Gasteiger partial charge in [0.2, 0.25) is 0 Å². The quantitative estimate of drug-likeness (QED) is 0.462. The molecule has 2 saturated heterocycles. The van der Waals surface area contributed by atoms with Crippen molar-refractivity contribution in [2.75, 3.05) is 18.9 Å². The molecule has 2 aliphatic heterocycles. The lowest BCUT2D eigenvalue weighted by Gasteiger charge is -2.30. The third kappa shape index (κ3) is 4.28. The second-order valence-corrected chi connectivity index (χ2v) is 9.38. The highest BCUT2D eigenvalue weighted by Gasteiger charge is 2.59. The zero-order valence-corrected chi connectivity index (χ0v) is 19.5. The predicted octanol–water partition coefficient (Wildman–Crippen LogP) is 1.39. The van der Waals surface area contributed by atoms with Crippen molar-refractivity contribution in [2.45, 2.75) is 62.9 Å². The molecule has 0 unspecified atom stereocenters. The lowest BCUT2D eigenvalue weighted by molar-refractivity contribution is -0.168. The van der Waals surface area contributed by atoms with E-state index < -0.39 is 47.4 Å². The molecule has 0 spiro atoms. The minimum absolute atomic E-state index is 0.0265. The monoisotopic (exact) mass is 499 g/mol. The van der Waals surface area contributed by atoms with Gasteiger partial charge in [-0.3, -0.25) is 9.59 Å². The maximum atomic E-state index is 12.6. The number of anilines is 1. The summed E-state index contributed by atoms with van der Waals surface area (Å²) in [5.74, 6) is -0.805. The fraction of sp³-hybridized carbons (Fsp3) is 0.565. The third-order valence-electron chi connectivity index (χ3n) is 6.80. The van der Waals surface area contributed by atoms with E-state index in [1.54, 1.807) is 19.1 Å². The molecule has 2 N–H and O–H groups in total. The van der Waals surface area contributed by atoms with Gasteiger partial charge in [-0.25, -0.2) is 14.3 Å². The molecule has 2 aromatic rings. The zero-order valence-electron chi connectivity index (χ0n) is 19.5. The first-order valence-electron chi connectivity index (χ1n) is 11.6. The van der Waals surface area contributed by atoms with E-state index in [1.165, 1.54) is 10.8 Å². The molecule has 0 aromatic carbocycles. The van der Waals surface area contributed by atoms with Gasteiger partial charge >= 0.3 is 18.1 Å². The highest BCUT2D eigenvalue weighted by atomic mass is 16.7. The Bertz CT molecular complexity index is 1250. The van der Waals surface area contributed by atoms with Gasteiger partial charge in [-0.1, -0.05) is 0 Å². The molecule has 36 heavy (non-hydrogen) atoms. The fourth-order valence-electron chi connectivity index (χ4n) is 4.55. The number of carbonyl (C=O) groups excluding carboxylic acids is 3. The van der Waals surface area contributed by atoms with E-state index in [0.29, 0.717) is 24.1 Å². The number of nitrogens with zero attached hydrogens (tertiary/aromatic N) is 4. The summed E-state index contributed by atoms with van der Waals surface area (Å²) >= 11 is 0. The Kier molecular flexibility index (Phi) is 5.91. The molecule has 3 fully saturated rings. The van der Waals surface area contributed by atoms with Crippen LogP contribution in [0.5, 0.6) is 0 Å². The van der Waals surface area contributed by atoms with Gasteiger partial charge in [0.05, 0.1) is 17.2 Å². The summed E-state index contributed by atoms with van der Waals surface area (Å²) in [4.78, 5) is 41.2. The molecule has 4 heterocycles. The molecule has 2 aromatic heterocycles. The van der Waals surface area contributed by atoms with Crippen molar-refractivity contribution >= 4 is 29.4 Å². The zero-order chi connectivity index (χ0) is 25.5. The summed E-state index contributed by atoms with van der Waals surface area (Å²) in [7, 11) is 0. The van der Waals surface area contributed by atoms with Gasteiger partial charge in [-0.2, -0.15) is 10.4 Å². The largest absolute Gasteiger partial charge is 0.508 e. The van der Waals surface area contributed by atoms with Crippen LogP contribution in [0.1, 0.15) is 44.7 Å². The summed E-state index contributed by atoms with van der Waals surface area (Å²) in [6.45, 7) is 1.26. The molecule has 3 aliphatic rings. The van der Waals surface area contributed by atoms with Crippen molar-refractivity contribution < 1.29 is 38.1 Å². The number of aromatic nitrogens is 3. The number of carbonyl (C=O) groups is 3. The average molecular weight is 499 g/mol. The SMILES string of the molecule is C[C@@]1(c2ccc3c(N)ncnn23)O[C@H](COC(=O)OCC2(C#N)CC2)[C@H]2OC(=O)CCCC(=O)O[C@H]21. The molecule has 5 rings (SSSR count). The van der Waals surface area contributed by atoms with E-state index in [-0.39, 0.29) is 38.3 Å². The Morgan fingerprint density at radius 1 is 1.25 bits per heavy atom. The standard InChI is InChI=1S/C23H25N5O8/c1-22(15-6-5-13-20(25)26-12-27-28(13)15)19-18(34-16(29)3-2-4-17(30)35-19)14(36-22)9-32-21(31)33-11-23(10-24)7-8-23/h5-6,12,14,18-19H,2-4,7-9,11H2,1H3,(H2,25,26,27)/t14-,18-,19-,22+/m1/s1. The van der Waals surface area contributed by atoms with Crippen molar-refractivity contribution in [1.82, 2.24) is 14.6 Å². The van der Waals surface area contributed by atoms with Crippen LogP contribution in [0.25, 0.3) is 5.52 Å². The van der Waals surface area contributed by atoms with Crippen LogP contribution in [0.4, 0.5) is 10.6 Å². The summed E-state index contributed by atoms with van der Waals surface area (Å²) in [6, 6.07) is 5.53. The molecule has 4 atom stereocenters. The molecule has 0 bridgehead atoms. The number of nitriles is 1. The third-order valence-corrected chi connectivity index (χ3v) is 6.80. The van der Waals surface area contributed by atoms with Crippen LogP contribution >= 0.6 is 0 Å². The Morgan fingerprint density at radius 3 is 2.72 bits per heavy atom. The van der Waals surface area contributed by atoms with Gasteiger partial charge in [0.25, 0.3) is 0 Å². The Morgan fingerprint density at radius 2 is 2.00 bits per heavy atom. The average Bonchev–Trinajstić information content (AvgIpc) is 3.40. The maximum absolute atomic E-state index is 12.6. The van der Waals surface area contributed by atoms with E-state index in [9.17, 15) is 14.4 Å². The van der Waals surface area contributed by atoms with E-state index in [1.807, 2.05) is 0 Å². The fourth-order valence-corrected chi connectivity index (χ4v) is 4.55. The first kappa shape index (κ1) is 23.8. The number of hydrogen-bond acceptors (Lipinski definition) is 12. The van der Waals surface area contributed by atoms with E-state index in [0.717, 1.165) is 0 Å². The van der Waals surface area contributed by atoms with Crippen LogP contribution < -0.4 is 5.73 Å². The van der Waals surface area contributed by atoms with Crippen LogP contribution in [0.3, 0.4) is 0 Å². The molecule has 1 saturated carbocycles. The normalized spacial score (nSPS) is 29.1. The number of hydrogen-bond donors (Lipinski definition) is 1. The summed E-state index contributed by atoms with van der Waals surface area (Å²) in [5, 5.41) is 13.4. The molecule has 13 nitrogen and oxygen atoms in total. The highest BCUT2D eigenvalue weighted by molar-refractivity contribution is 5.74. The minimum atomic E-state index is -1.35. The van der Waals surface area contributed by atoms with Crippen LogP contribution in [0.2, 0.25) is 0 Å². The molecule has 190 valence electrons. The molecule has 1 aliphatic carbocycles. The second kappa shape index (κ2) is 8.94. The summed E-state index contributed by atoms with van der Waals surface area (Å²) < 4.78 is 29.6. The number of ether oxygens (including phenoxy) is 5. The van der Waals surface area contributed by atoms with Gasteiger partial charge in [-0.05, 0) is 38.3 Å². The van der Waals surface area contributed by atoms with Crippen molar-refractivity contribution in [3.63, 3.8) is 0 Å². The van der Waals surface area contributed by atoms with Crippen LogP contribution in [0.15, 0.2) is 18.5 Å². The Hall–Kier alpha value is -3.92. The molecule has 0 amide bonds. The number of nitrogen functional groups attached to an aromatic ring is 1. The second-order valence-electron chi connectivity index (χ2n) is 9.38. The topological polar surface area (TPSA) is 177 Å². The van der Waals surface area contributed by atoms with Crippen molar-refractivity contribution in [3.8, 4) is 6.07 Å². The van der Waals surface area contributed by atoms with Crippen molar-refractivity contribution in [3.05, 3.63) is 24.2 Å². The lowest BCUT2D eigenvalue weighted by atomic mass is 9.92. The number of esters is 2. The number of fused-ring (bicyclic) bond motifs is 2. The van der Waals surface area contributed by atoms with E-state index in [4.69, 9.17) is 34.7 Å². The lowest BCUT2D eigenvalue weighted by Crippen LogP contribution is -2.45. The van der Waals surface area contributed by atoms with Crippen LogP contribution in [-0.2, 0) is 38.9 Å². The van der Waals surface area contributed by atoms with Gasteiger partial charge < -0.3 is 29.4 Å². The first-order valence-corrected chi connectivity index (χ1v) is 11.6. The highest BCUT2D eigenvalue weighted by Crippen LogP contribution is 2.46. The first-order chi connectivity index (χ1) is 17.2.